The molecule has 0 bridgehead atoms. The van der Waals surface area contributed by atoms with Crippen LogP contribution in [0.4, 0.5) is 10.1 Å². The van der Waals surface area contributed by atoms with Gasteiger partial charge in [-0.25, -0.2) is 9.18 Å². The molecule has 2 amide bonds. The number of amides is 2. The van der Waals surface area contributed by atoms with Crippen molar-refractivity contribution in [2.45, 2.75) is 25.9 Å². The molecule has 10 nitrogen and oxygen atoms in total. The molecule has 0 saturated carbocycles. The van der Waals surface area contributed by atoms with Crippen LogP contribution in [0, 0.1) is 5.82 Å². The Labute approximate surface area is 242 Å². The third kappa shape index (κ3) is 7.01. The van der Waals surface area contributed by atoms with E-state index in [1.54, 1.807) is 50.6 Å². The number of rotatable bonds is 11. The minimum atomic E-state index is -0.752. The van der Waals surface area contributed by atoms with E-state index in [4.69, 9.17) is 9.47 Å². The number of benzene rings is 3. The monoisotopic (exact) mass is 626 g/mol. The molecule has 12 heteroatoms. The molecule has 0 saturated heterocycles. The Morgan fingerprint density at radius 3 is 2.41 bits per heavy atom. The van der Waals surface area contributed by atoms with Crippen molar-refractivity contribution in [1.82, 2.24) is 14.5 Å². The first kappa shape index (κ1) is 29.5. The van der Waals surface area contributed by atoms with Crippen molar-refractivity contribution in [3.05, 3.63) is 97.4 Å². The van der Waals surface area contributed by atoms with E-state index in [2.05, 4.69) is 26.6 Å². The first-order valence-corrected chi connectivity index (χ1v) is 13.5. The summed E-state index contributed by atoms with van der Waals surface area (Å²) < 4.78 is 27.3. The molecule has 3 aromatic carbocycles. The van der Waals surface area contributed by atoms with Crippen molar-refractivity contribution in [1.29, 1.82) is 0 Å². The second kappa shape index (κ2) is 13.3. The number of carbonyl (C=O) groups is 2. The fourth-order valence-corrected chi connectivity index (χ4v) is 4.66. The van der Waals surface area contributed by atoms with Gasteiger partial charge in [-0.15, -0.1) is 0 Å². The lowest BCUT2D eigenvalue weighted by Crippen LogP contribution is -2.42. The lowest BCUT2D eigenvalue weighted by atomic mass is 10.1. The average Bonchev–Trinajstić information content (AvgIpc) is 2.96. The number of hydrogen-bond acceptors (Lipinski definition) is 6. The summed E-state index contributed by atoms with van der Waals surface area (Å²) in [5.74, 6) is -0.466. The fourth-order valence-electron chi connectivity index (χ4n) is 4.33. The van der Waals surface area contributed by atoms with E-state index in [1.807, 2.05) is 12.1 Å². The van der Waals surface area contributed by atoms with Crippen LogP contribution in [0.3, 0.4) is 0 Å². The third-order valence-electron chi connectivity index (χ3n) is 6.39. The van der Waals surface area contributed by atoms with Crippen LogP contribution >= 0.6 is 15.9 Å². The van der Waals surface area contributed by atoms with Crippen LogP contribution in [0.5, 0.6) is 11.5 Å². The van der Waals surface area contributed by atoms with Crippen molar-refractivity contribution >= 4 is 44.3 Å². The van der Waals surface area contributed by atoms with Crippen LogP contribution < -0.4 is 31.4 Å². The first-order chi connectivity index (χ1) is 19.7. The summed E-state index contributed by atoms with van der Waals surface area (Å²) in [6, 6.07) is 16.0. The van der Waals surface area contributed by atoms with Crippen molar-refractivity contribution in [2.75, 3.05) is 26.1 Å². The predicted molar refractivity (Wildman–Crippen MR) is 156 cm³/mol. The molecule has 0 fully saturated rings. The van der Waals surface area contributed by atoms with Crippen molar-refractivity contribution in [3.63, 3.8) is 0 Å². The molecule has 0 aliphatic heterocycles. The zero-order valence-corrected chi connectivity index (χ0v) is 24.0. The van der Waals surface area contributed by atoms with E-state index in [0.29, 0.717) is 28.9 Å². The SMILES string of the molecule is COc1ccc(CCNC(=O)CCn2c(=O)c3ccccc3n(CC(=O)Nc3ccc(Br)cc3F)c2=O)cc1OC. The van der Waals surface area contributed by atoms with Gasteiger partial charge in [0.25, 0.3) is 5.56 Å². The molecule has 1 aromatic heterocycles. The van der Waals surface area contributed by atoms with Gasteiger partial charge >= 0.3 is 5.69 Å². The maximum absolute atomic E-state index is 14.2. The zero-order valence-electron chi connectivity index (χ0n) is 22.4. The molecule has 0 unspecified atom stereocenters. The van der Waals surface area contributed by atoms with Gasteiger partial charge in [0, 0.05) is 24.0 Å². The van der Waals surface area contributed by atoms with E-state index in [9.17, 15) is 23.6 Å². The number of carbonyl (C=O) groups excluding carboxylic acids is 2. The van der Waals surface area contributed by atoms with Crippen LogP contribution in [0.15, 0.2) is 74.7 Å². The highest BCUT2D eigenvalue weighted by atomic mass is 79.9. The number of nitrogens with zero attached hydrogens (tertiary/aromatic N) is 2. The molecule has 1 heterocycles. The van der Waals surface area contributed by atoms with Gasteiger partial charge in [0.15, 0.2) is 11.5 Å². The minimum absolute atomic E-state index is 0.0476. The van der Waals surface area contributed by atoms with Gasteiger partial charge in [-0.1, -0.05) is 34.1 Å². The van der Waals surface area contributed by atoms with E-state index < -0.39 is 29.5 Å². The Kier molecular flexibility index (Phi) is 9.56. The molecular weight excluding hydrogens is 599 g/mol. The van der Waals surface area contributed by atoms with Gasteiger partial charge in [0.1, 0.15) is 12.4 Å². The highest BCUT2D eigenvalue weighted by Crippen LogP contribution is 2.27. The number of fused-ring (bicyclic) bond motifs is 1. The standard InChI is InChI=1S/C29H28BrFN4O6/c1-40-24-10-7-18(15-25(24)41-2)11-13-32-26(36)12-14-34-28(38)20-5-3-4-6-23(20)35(29(34)39)17-27(37)33-22-9-8-19(30)16-21(22)31/h3-10,15-16H,11-14,17H2,1-2H3,(H,32,36)(H,33,37). The molecule has 0 aliphatic rings. The van der Waals surface area contributed by atoms with E-state index >= 15 is 0 Å². The number of methoxy groups -OCH3 is 2. The lowest BCUT2D eigenvalue weighted by molar-refractivity contribution is -0.121. The molecular formula is C29H28BrFN4O6. The third-order valence-corrected chi connectivity index (χ3v) is 6.88. The second-order valence-electron chi connectivity index (χ2n) is 9.05. The molecule has 0 aliphatic carbocycles. The molecule has 41 heavy (non-hydrogen) atoms. The Morgan fingerprint density at radius 2 is 1.68 bits per heavy atom. The summed E-state index contributed by atoms with van der Waals surface area (Å²) in [5.41, 5.74) is -0.186. The zero-order chi connectivity index (χ0) is 29.5. The number of ether oxygens (including phenoxy) is 2. The normalized spacial score (nSPS) is 10.8. The summed E-state index contributed by atoms with van der Waals surface area (Å²) in [5, 5.41) is 5.45. The number of halogens is 2. The van der Waals surface area contributed by atoms with Crippen molar-refractivity contribution in [2.24, 2.45) is 0 Å². The minimum Gasteiger partial charge on any atom is -0.493 e. The number of para-hydroxylation sites is 1. The van der Waals surface area contributed by atoms with E-state index in [0.717, 1.165) is 14.7 Å². The van der Waals surface area contributed by atoms with Gasteiger partial charge in [-0.05, 0) is 54.4 Å². The largest absolute Gasteiger partial charge is 0.493 e. The summed E-state index contributed by atoms with van der Waals surface area (Å²) in [7, 11) is 3.09. The van der Waals surface area contributed by atoms with Gasteiger partial charge in [-0.2, -0.15) is 0 Å². The molecule has 214 valence electrons. The molecule has 0 radical (unpaired) electrons. The predicted octanol–water partition coefficient (Wildman–Crippen LogP) is 3.47. The summed E-state index contributed by atoms with van der Waals surface area (Å²) in [6.45, 7) is -0.321. The maximum Gasteiger partial charge on any atom is 0.331 e. The van der Waals surface area contributed by atoms with Crippen LogP contribution in [0.2, 0.25) is 0 Å². The topological polar surface area (TPSA) is 121 Å². The lowest BCUT2D eigenvalue weighted by Gasteiger charge is -2.14. The number of anilines is 1. The molecule has 4 rings (SSSR count). The summed E-state index contributed by atoms with van der Waals surface area (Å²) in [6.07, 6.45) is 0.401. The van der Waals surface area contributed by atoms with Crippen LogP contribution in [-0.2, 0) is 29.1 Å². The highest BCUT2D eigenvalue weighted by molar-refractivity contribution is 9.10. The van der Waals surface area contributed by atoms with Crippen LogP contribution in [-0.4, -0.2) is 41.7 Å². The Bertz CT molecular complexity index is 1720. The number of aromatic nitrogens is 2. The van der Waals surface area contributed by atoms with Gasteiger partial charge in [-0.3, -0.25) is 23.5 Å². The van der Waals surface area contributed by atoms with E-state index in [1.165, 1.54) is 12.1 Å². The smallest absolute Gasteiger partial charge is 0.331 e. The van der Waals surface area contributed by atoms with Crippen LogP contribution in [0.1, 0.15) is 12.0 Å². The summed E-state index contributed by atoms with van der Waals surface area (Å²) in [4.78, 5) is 51.8. The first-order valence-electron chi connectivity index (χ1n) is 12.7. The fraction of sp³-hybridized carbons (Fsp3) is 0.241. The number of nitrogens with one attached hydrogen (secondary N) is 2. The van der Waals surface area contributed by atoms with Gasteiger partial charge in [0.2, 0.25) is 11.8 Å². The van der Waals surface area contributed by atoms with E-state index in [-0.39, 0.29) is 35.5 Å². The Hall–Kier alpha value is -4.45. The Balaban J connectivity index is 1.46. The van der Waals surface area contributed by atoms with Crippen LogP contribution in [0.25, 0.3) is 10.9 Å². The highest BCUT2D eigenvalue weighted by Gasteiger charge is 2.17. The van der Waals surface area contributed by atoms with Gasteiger partial charge in [0.05, 0.1) is 30.8 Å². The second-order valence-corrected chi connectivity index (χ2v) is 9.97. The van der Waals surface area contributed by atoms with Crippen molar-refractivity contribution < 1.29 is 23.5 Å². The average molecular weight is 627 g/mol. The molecule has 2 N–H and O–H groups in total. The Morgan fingerprint density at radius 1 is 0.927 bits per heavy atom. The maximum atomic E-state index is 14.2. The summed E-state index contributed by atoms with van der Waals surface area (Å²) >= 11 is 3.16. The van der Waals surface area contributed by atoms with Gasteiger partial charge < -0.3 is 20.1 Å². The number of hydrogen-bond donors (Lipinski definition) is 2. The van der Waals surface area contributed by atoms with Crippen molar-refractivity contribution in [3.8, 4) is 11.5 Å². The quantitative estimate of drug-likeness (QED) is 0.263. The molecule has 4 aromatic rings. The molecule has 0 atom stereocenters. The molecule has 0 spiro atoms.